The highest BCUT2D eigenvalue weighted by molar-refractivity contribution is 14.1. The maximum Gasteiger partial charge on any atom is 0.132 e. The third-order valence-electron chi connectivity index (χ3n) is 6.38. The molecule has 2 fully saturated rings. The minimum Gasteiger partial charge on any atom is -0.496 e. The Morgan fingerprint density at radius 3 is 2.95 bits per heavy atom. The Morgan fingerprint density at radius 1 is 1.29 bits per heavy atom. The molecular formula is C18H24INO. The molecule has 1 aromatic rings. The van der Waals surface area contributed by atoms with Crippen LogP contribution in [0.25, 0.3) is 0 Å². The second-order valence-electron chi connectivity index (χ2n) is 7.15. The summed E-state index contributed by atoms with van der Waals surface area (Å²) in [5.41, 5.74) is 3.67. The van der Waals surface area contributed by atoms with Gasteiger partial charge in [-0.15, -0.1) is 0 Å². The largest absolute Gasteiger partial charge is 0.496 e. The smallest absolute Gasteiger partial charge is 0.132 e. The first-order valence-corrected chi connectivity index (χ1v) is 9.31. The van der Waals surface area contributed by atoms with Gasteiger partial charge in [-0.05, 0) is 91.0 Å². The van der Waals surface area contributed by atoms with Crippen molar-refractivity contribution in [1.82, 2.24) is 4.90 Å². The second kappa shape index (κ2) is 5.12. The van der Waals surface area contributed by atoms with Gasteiger partial charge >= 0.3 is 0 Å². The summed E-state index contributed by atoms with van der Waals surface area (Å²) in [7, 11) is 4.14. The van der Waals surface area contributed by atoms with Crippen molar-refractivity contribution in [2.24, 2.45) is 5.92 Å². The first-order chi connectivity index (χ1) is 10.2. The summed E-state index contributed by atoms with van der Waals surface area (Å²) in [6.07, 6.45) is 8.20. The van der Waals surface area contributed by atoms with E-state index in [0.717, 1.165) is 17.7 Å². The molecule has 1 heterocycles. The molecule has 3 heteroatoms. The fourth-order valence-corrected chi connectivity index (χ4v) is 6.11. The zero-order valence-corrected chi connectivity index (χ0v) is 15.2. The highest BCUT2D eigenvalue weighted by atomic mass is 127. The van der Waals surface area contributed by atoms with Crippen LogP contribution in [-0.4, -0.2) is 31.6 Å². The van der Waals surface area contributed by atoms with Crippen molar-refractivity contribution >= 4 is 22.6 Å². The zero-order chi connectivity index (χ0) is 14.6. The minimum absolute atomic E-state index is 0.445. The summed E-state index contributed by atoms with van der Waals surface area (Å²) >= 11 is 2.42. The molecule has 2 bridgehead atoms. The summed E-state index contributed by atoms with van der Waals surface area (Å²) in [5.74, 6) is 1.94. The van der Waals surface area contributed by atoms with Crippen LogP contribution in [-0.2, 0) is 11.8 Å². The molecule has 4 rings (SSSR count). The fraction of sp³-hybridized carbons (Fsp3) is 0.667. The second-order valence-corrected chi connectivity index (χ2v) is 8.32. The molecule has 114 valence electrons. The van der Waals surface area contributed by atoms with Gasteiger partial charge < -0.3 is 9.64 Å². The van der Waals surface area contributed by atoms with E-state index >= 15 is 0 Å². The summed E-state index contributed by atoms with van der Waals surface area (Å²) in [6, 6.07) is 5.54. The lowest BCUT2D eigenvalue weighted by Gasteiger charge is -2.58. The standard InChI is InChI=1S/C18H24INO/c1-20-8-7-18-6-4-3-5-13(18)16(20)10-12-9-15(19)17(21-2)11-14(12)18/h9,11,13,16H,3-8,10H2,1-2H3/t13-,16+,18+/m1/s1. The minimum atomic E-state index is 0.445. The van der Waals surface area contributed by atoms with Crippen molar-refractivity contribution in [3.63, 3.8) is 0 Å². The predicted octanol–water partition coefficient (Wildman–Crippen LogP) is 3.99. The quantitative estimate of drug-likeness (QED) is 0.665. The lowest BCUT2D eigenvalue weighted by atomic mass is 9.52. The van der Waals surface area contributed by atoms with E-state index < -0.39 is 0 Å². The van der Waals surface area contributed by atoms with E-state index in [2.05, 4.69) is 46.7 Å². The molecule has 1 saturated carbocycles. The molecule has 1 aromatic carbocycles. The number of halogens is 1. The topological polar surface area (TPSA) is 12.5 Å². The number of likely N-dealkylation sites (tertiary alicyclic amines) is 1. The van der Waals surface area contributed by atoms with Gasteiger partial charge in [0.25, 0.3) is 0 Å². The number of hydrogen-bond donors (Lipinski definition) is 0. The van der Waals surface area contributed by atoms with Crippen molar-refractivity contribution in [2.75, 3.05) is 20.7 Å². The van der Waals surface area contributed by atoms with Gasteiger partial charge in [0.2, 0.25) is 0 Å². The molecule has 0 amide bonds. The van der Waals surface area contributed by atoms with E-state index in [4.69, 9.17) is 4.74 Å². The fourth-order valence-electron chi connectivity index (χ4n) is 5.36. The van der Waals surface area contributed by atoms with Crippen LogP contribution >= 0.6 is 22.6 Å². The number of methoxy groups -OCH3 is 1. The summed E-state index contributed by atoms with van der Waals surface area (Å²) in [5, 5.41) is 0. The third-order valence-corrected chi connectivity index (χ3v) is 7.23. The van der Waals surface area contributed by atoms with E-state index in [9.17, 15) is 0 Å². The number of ether oxygens (including phenoxy) is 1. The molecule has 1 aliphatic heterocycles. The maximum atomic E-state index is 5.63. The van der Waals surface area contributed by atoms with Gasteiger partial charge in [-0.25, -0.2) is 0 Å². The molecule has 3 atom stereocenters. The number of likely N-dealkylation sites (N-methyl/N-ethyl adjacent to an activating group) is 1. The molecule has 0 radical (unpaired) electrons. The highest BCUT2D eigenvalue weighted by Crippen LogP contribution is 2.56. The normalized spacial score (nSPS) is 35.0. The zero-order valence-electron chi connectivity index (χ0n) is 13.0. The molecule has 0 spiro atoms. The van der Waals surface area contributed by atoms with Gasteiger partial charge in [0, 0.05) is 11.5 Å². The molecular weight excluding hydrogens is 373 g/mol. The van der Waals surface area contributed by atoms with Gasteiger partial charge in [-0.2, -0.15) is 0 Å². The van der Waals surface area contributed by atoms with Crippen LogP contribution in [0.15, 0.2) is 12.1 Å². The monoisotopic (exact) mass is 397 g/mol. The molecule has 2 nitrogen and oxygen atoms in total. The van der Waals surface area contributed by atoms with E-state index in [-0.39, 0.29) is 0 Å². The number of rotatable bonds is 1. The summed E-state index contributed by atoms with van der Waals surface area (Å²) in [4.78, 5) is 2.63. The summed E-state index contributed by atoms with van der Waals surface area (Å²) < 4.78 is 6.89. The molecule has 21 heavy (non-hydrogen) atoms. The number of piperidine rings is 1. The Kier molecular flexibility index (Phi) is 3.49. The molecule has 3 aliphatic rings. The van der Waals surface area contributed by atoms with Crippen molar-refractivity contribution in [3.8, 4) is 5.75 Å². The molecule has 1 saturated heterocycles. The van der Waals surface area contributed by atoms with Crippen LogP contribution < -0.4 is 4.74 Å². The van der Waals surface area contributed by atoms with Crippen LogP contribution in [0.2, 0.25) is 0 Å². The van der Waals surface area contributed by atoms with Crippen molar-refractivity contribution < 1.29 is 4.74 Å². The number of nitrogens with zero attached hydrogens (tertiary/aromatic N) is 1. The first-order valence-electron chi connectivity index (χ1n) is 8.23. The lowest BCUT2D eigenvalue weighted by molar-refractivity contribution is 0.00270. The first kappa shape index (κ1) is 14.3. The third kappa shape index (κ3) is 1.99. The van der Waals surface area contributed by atoms with Gasteiger partial charge in [0.1, 0.15) is 5.75 Å². The van der Waals surface area contributed by atoms with Crippen molar-refractivity contribution in [1.29, 1.82) is 0 Å². The van der Waals surface area contributed by atoms with Crippen LogP contribution in [0.4, 0.5) is 0 Å². The SMILES string of the molecule is COc1cc2c(cc1I)C[C@H]1[C@H]3CCCC[C@@]23CCN1C. The highest BCUT2D eigenvalue weighted by Gasteiger charge is 2.53. The predicted molar refractivity (Wildman–Crippen MR) is 94.1 cm³/mol. The van der Waals surface area contributed by atoms with E-state index in [1.807, 2.05) is 0 Å². The average molecular weight is 397 g/mol. The Hall–Kier alpha value is -0.290. The van der Waals surface area contributed by atoms with Gasteiger partial charge in [0.05, 0.1) is 10.7 Å². The molecule has 0 aromatic heterocycles. The van der Waals surface area contributed by atoms with E-state index in [1.165, 1.54) is 48.6 Å². The molecule has 0 N–H and O–H groups in total. The molecule has 2 aliphatic carbocycles. The number of benzene rings is 1. The lowest BCUT2D eigenvalue weighted by Crippen LogP contribution is -2.59. The van der Waals surface area contributed by atoms with Crippen LogP contribution in [0.1, 0.15) is 43.2 Å². The Balaban J connectivity index is 1.90. The number of fused-ring (bicyclic) bond motifs is 1. The van der Waals surface area contributed by atoms with Gasteiger partial charge in [-0.3, -0.25) is 0 Å². The Bertz CT molecular complexity index is 573. The molecule has 0 unspecified atom stereocenters. The average Bonchev–Trinajstić information content (AvgIpc) is 2.50. The maximum absolute atomic E-state index is 5.63. The van der Waals surface area contributed by atoms with Crippen LogP contribution in [0.5, 0.6) is 5.75 Å². The van der Waals surface area contributed by atoms with E-state index in [1.54, 1.807) is 18.2 Å². The van der Waals surface area contributed by atoms with Crippen molar-refractivity contribution in [2.45, 2.75) is 50.0 Å². The van der Waals surface area contributed by atoms with Gasteiger partial charge in [0.15, 0.2) is 0 Å². The summed E-state index contributed by atoms with van der Waals surface area (Å²) in [6.45, 7) is 1.26. The van der Waals surface area contributed by atoms with E-state index in [0.29, 0.717) is 5.41 Å². The Morgan fingerprint density at radius 2 is 2.14 bits per heavy atom. The van der Waals surface area contributed by atoms with Crippen LogP contribution in [0.3, 0.4) is 0 Å². The van der Waals surface area contributed by atoms with Crippen LogP contribution in [0, 0.1) is 9.49 Å². The Labute approximate surface area is 141 Å². The van der Waals surface area contributed by atoms with Crippen molar-refractivity contribution in [3.05, 3.63) is 26.8 Å². The number of hydrogen-bond acceptors (Lipinski definition) is 2. The van der Waals surface area contributed by atoms with Gasteiger partial charge in [-0.1, -0.05) is 12.8 Å².